The molecule has 2 aromatic rings. The Morgan fingerprint density at radius 1 is 1.19 bits per heavy atom. The van der Waals surface area contributed by atoms with Gasteiger partial charge in [0, 0.05) is 10.0 Å². The van der Waals surface area contributed by atoms with Gasteiger partial charge in [-0.3, -0.25) is 0 Å². The molecule has 0 heterocycles. The summed E-state index contributed by atoms with van der Waals surface area (Å²) in [5, 5.41) is 9.20. The molecule has 21 heavy (non-hydrogen) atoms. The lowest BCUT2D eigenvalue weighted by molar-refractivity contribution is -0.133. The molecule has 0 fully saturated rings. The molecule has 0 atom stereocenters. The van der Waals surface area contributed by atoms with Crippen LogP contribution in [0.1, 0.15) is 16.7 Å². The summed E-state index contributed by atoms with van der Waals surface area (Å²) in [5.74, 6) is -0.478. The van der Waals surface area contributed by atoms with E-state index in [0.717, 1.165) is 10.0 Å². The van der Waals surface area contributed by atoms with Gasteiger partial charge in [0.25, 0.3) is 0 Å². The first kappa shape index (κ1) is 15.0. The van der Waals surface area contributed by atoms with Crippen molar-refractivity contribution in [3.8, 4) is 6.07 Å². The Hall–Kier alpha value is -2.38. The molecule has 0 saturated heterocycles. The summed E-state index contributed by atoms with van der Waals surface area (Å²) in [5.41, 5.74) is 2.18. The summed E-state index contributed by atoms with van der Waals surface area (Å²) in [6.07, 6.45) is 1.71. The monoisotopic (exact) mass is 341 g/mol. The standard InChI is InChI=1S/C17H12BrNO2/c1-21-17(20)15(10-12-6-3-5-9-16(12)18)14-8-4-2-7-13(14)11-19/h2-10H,1H3/b15-10+. The minimum atomic E-state index is -0.478. The van der Waals surface area contributed by atoms with Crippen molar-refractivity contribution in [3.05, 3.63) is 69.7 Å². The molecule has 0 radical (unpaired) electrons. The predicted octanol–water partition coefficient (Wildman–Crippen LogP) is 4.03. The molecule has 0 aliphatic heterocycles. The summed E-state index contributed by atoms with van der Waals surface area (Å²) in [6.45, 7) is 0. The molecule has 0 aliphatic carbocycles. The molecule has 3 nitrogen and oxygen atoms in total. The van der Waals surface area contributed by atoms with Gasteiger partial charge < -0.3 is 4.74 Å². The first-order valence-corrected chi connectivity index (χ1v) is 7.00. The van der Waals surface area contributed by atoms with Crippen LogP contribution in [0.5, 0.6) is 0 Å². The minimum absolute atomic E-state index is 0.349. The van der Waals surface area contributed by atoms with Crippen molar-refractivity contribution < 1.29 is 9.53 Å². The van der Waals surface area contributed by atoms with Gasteiger partial charge >= 0.3 is 5.97 Å². The molecule has 0 N–H and O–H groups in total. The SMILES string of the molecule is COC(=O)/C(=C/c1ccccc1Br)c1ccccc1C#N. The van der Waals surface area contributed by atoms with Gasteiger partial charge in [-0.25, -0.2) is 4.79 Å². The van der Waals surface area contributed by atoms with Gasteiger partial charge in [0.1, 0.15) is 0 Å². The number of ether oxygens (including phenoxy) is 1. The number of halogens is 1. The smallest absolute Gasteiger partial charge is 0.338 e. The molecule has 2 rings (SSSR count). The van der Waals surface area contributed by atoms with Gasteiger partial charge in [0.05, 0.1) is 24.3 Å². The van der Waals surface area contributed by atoms with E-state index in [1.54, 1.807) is 30.3 Å². The maximum atomic E-state index is 12.1. The molecule has 2 aromatic carbocycles. The number of carbonyl (C=O) groups excluding carboxylic acids is 1. The average molecular weight is 342 g/mol. The fourth-order valence-corrected chi connectivity index (χ4v) is 2.32. The quantitative estimate of drug-likeness (QED) is 0.481. The van der Waals surface area contributed by atoms with E-state index < -0.39 is 5.97 Å². The van der Waals surface area contributed by atoms with Crippen LogP contribution >= 0.6 is 15.9 Å². The molecule has 0 spiro atoms. The van der Waals surface area contributed by atoms with Crippen LogP contribution in [0, 0.1) is 11.3 Å². The van der Waals surface area contributed by atoms with E-state index in [-0.39, 0.29) is 0 Å². The van der Waals surface area contributed by atoms with Crippen LogP contribution in [0.15, 0.2) is 53.0 Å². The molecule has 4 heteroatoms. The molecule has 0 bridgehead atoms. The van der Waals surface area contributed by atoms with E-state index in [1.807, 2.05) is 24.3 Å². The van der Waals surface area contributed by atoms with Crippen LogP contribution in [0.4, 0.5) is 0 Å². The Labute approximate surface area is 131 Å². The number of esters is 1. The highest BCUT2D eigenvalue weighted by atomic mass is 79.9. The summed E-state index contributed by atoms with van der Waals surface area (Å²) in [6, 6.07) is 16.6. The fraction of sp³-hybridized carbons (Fsp3) is 0.0588. The van der Waals surface area contributed by atoms with Gasteiger partial charge in [-0.1, -0.05) is 52.3 Å². The summed E-state index contributed by atoms with van der Waals surface area (Å²) >= 11 is 3.44. The highest BCUT2D eigenvalue weighted by Crippen LogP contribution is 2.26. The Morgan fingerprint density at radius 3 is 2.52 bits per heavy atom. The summed E-state index contributed by atoms with van der Waals surface area (Å²) in [4.78, 5) is 12.1. The molecule has 0 aromatic heterocycles. The minimum Gasteiger partial charge on any atom is -0.465 e. The lowest BCUT2D eigenvalue weighted by Crippen LogP contribution is -2.05. The lowest BCUT2D eigenvalue weighted by atomic mass is 9.98. The number of nitrogens with zero attached hydrogens (tertiary/aromatic N) is 1. The number of carbonyl (C=O) groups is 1. The maximum absolute atomic E-state index is 12.1. The number of hydrogen-bond donors (Lipinski definition) is 0. The van der Waals surface area contributed by atoms with E-state index in [2.05, 4.69) is 22.0 Å². The largest absolute Gasteiger partial charge is 0.465 e. The number of hydrogen-bond acceptors (Lipinski definition) is 3. The van der Waals surface area contributed by atoms with Crippen molar-refractivity contribution >= 4 is 33.5 Å². The Kier molecular flexibility index (Phi) is 4.91. The Bertz CT molecular complexity index is 744. The fourth-order valence-electron chi connectivity index (χ4n) is 1.92. The first-order valence-electron chi connectivity index (χ1n) is 6.21. The zero-order valence-corrected chi connectivity index (χ0v) is 12.9. The maximum Gasteiger partial charge on any atom is 0.338 e. The highest BCUT2D eigenvalue weighted by molar-refractivity contribution is 9.10. The summed E-state index contributed by atoms with van der Waals surface area (Å²) < 4.78 is 5.71. The third kappa shape index (κ3) is 3.39. The Morgan fingerprint density at radius 2 is 1.86 bits per heavy atom. The molecule has 0 amide bonds. The number of methoxy groups -OCH3 is 1. The van der Waals surface area contributed by atoms with E-state index in [1.165, 1.54) is 7.11 Å². The van der Waals surface area contributed by atoms with Crippen molar-refractivity contribution in [1.29, 1.82) is 5.26 Å². The number of nitriles is 1. The van der Waals surface area contributed by atoms with Crippen molar-refractivity contribution in [3.63, 3.8) is 0 Å². The highest BCUT2D eigenvalue weighted by Gasteiger charge is 2.16. The second-order valence-corrected chi connectivity index (χ2v) is 5.08. The van der Waals surface area contributed by atoms with Crippen molar-refractivity contribution in [1.82, 2.24) is 0 Å². The van der Waals surface area contributed by atoms with E-state index in [4.69, 9.17) is 4.74 Å². The predicted molar refractivity (Wildman–Crippen MR) is 85.2 cm³/mol. The van der Waals surface area contributed by atoms with Crippen molar-refractivity contribution in [2.24, 2.45) is 0 Å². The van der Waals surface area contributed by atoms with Gasteiger partial charge in [-0.05, 0) is 23.8 Å². The normalized spacial score (nSPS) is 10.8. The molecule has 0 aliphatic rings. The molecular formula is C17H12BrNO2. The van der Waals surface area contributed by atoms with Gasteiger partial charge in [-0.2, -0.15) is 5.26 Å². The van der Waals surface area contributed by atoms with E-state index >= 15 is 0 Å². The zero-order valence-electron chi connectivity index (χ0n) is 11.3. The molecule has 0 unspecified atom stereocenters. The zero-order chi connectivity index (χ0) is 15.2. The van der Waals surface area contributed by atoms with Crippen LogP contribution < -0.4 is 0 Å². The van der Waals surface area contributed by atoms with Gasteiger partial charge in [0.2, 0.25) is 0 Å². The van der Waals surface area contributed by atoms with Crippen molar-refractivity contribution in [2.75, 3.05) is 7.11 Å². The summed E-state index contributed by atoms with van der Waals surface area (Å²) in [7, 11) is 1.32. The van der Waals surface area contributed by atoms with Crippen LogP contribution in [0.2, 0.25) is 0 Å². The van der Waals surface area contributed by atoms with Crippen LogP contribution in [-0.4, -0.2) is 13.1 Å². The van der Waals surface area contributed by atoms with Crippen LogP contribution in [0.3, 0.4) is 0 Å². The topological polar surface area (TPSA) is 50.1 Å². The average Bonchev–Trinajstić information content (AvgIpc) is 2.53. The van der Waals surface area contributed by atoms with Crippen molar-refractivity contribution in [2.45, 2.75) is 0 Å². The van der Waals surface area contributed by atoms with E-state index in [0.29, 0.717) is 16.7 Å². The van der Waals surface area contributed by atoms with Gasteiger partial charge in [-0.15, -0.1) is 0 Å². The molecule has 104 valence electrons. The molecule has 0 saturated carbocycles. The first-order chi connectivity index (χ1) is 10.2. The number of benzene rings is 2. The lowest BCUT2D eigenvalue weighted by Gasteiger charge is -2.08. The van der Waals surface area contributed by atoms with Crippen LogP contribution in [0.25, 0.3) is 11.6 Å². The van der Waals surface area contributed by atoms with Gasteiger partial charge in [0.15, 0.2) is 0 Å². The third-order valence-corrected chi connectivity index (χ3v) is 3.67. The number of rotatable bonds is 3. The Balaban J connectivity index is 2.63. The second-order valence-electron chi connectivity index (χ2n) is 4.23. The van der Waals surface area contributed by atoms with Crippen LogP contribution in [-0.2, 0) is 9.53 Å². The molecular weight excluding hydrogens is 330 g/mol. The third-order valence-electron chi connectivity index (χ3n) is 2.95. The second kappa shape index (κ2) is 6.87. The van der Waals surface area contributed by atoms with E-state index in [9.17, 15) is 10.1 Å².